The van der Waals surface area contributed by atoms with Crippen molar-refractivity contribution in [1.29, 1.82) is 0 Å². The summed E-state index contributed by atoms with van der Waals surface area (Å²) in [7, 11) is 1.66. The predicted molar refractivity (Wildman–Crippen MR) is 114 cm³/mol. The van der Waals surface area contributed by atoms with Crippen LogP contribution in [0, 0.1) is 0 Å². The van der Waals surface area contributed by atoms with Gasteiger partial charge in [-0.05, 0) is 35.9 Å². The van der Waals surface area contributed by atoms with Gasteiger partial charge in [-0.2, -0.15) is 0 Å². The van der Waals surface area contributed by atoms with Crippen molar-refractivity contribution in [1.82, 2.24) is 0 Å². The highest BCUT2D eigenvalue weighted by Gasteiger charge is 2.27. The van der Waals surface area contributed by atoms with E-state index >= 15 is 0 Å². The summed E-state index contributed by atoms with van der Waals surface area (Å²) >= 11 is 1.64. The van der Waals surface area contributed by atoms with Crippen LogP contribution in [0.3, 0.4) is 0 Å². The number of nitrogens with zero attached hydrogens (tertiary/aromatic N) is 1. The Bertz CT molecular complexity index is 975. The van der Waals surface area contributed by atoms with Gasteiger partial charge in [-0.25, -0.2) is 0 Å². The maximum Gasteiger partial charge on any atom is 0.259 e. The zero-order valence-electron chi connectivity index (χ0n) is 15.7. The first-order chi connectivity index (χ1) is 13.8. The van der Waals surface area contributed by atoms with Crippen LogP contribution in [0.1, 0.15) is 15.9 Å². The van der Waals surface area contributed by atoms with Crippen molar-refractivity contribution in [3.05, 3.63) is 83.9 Å². The number of methoxy groups -OCH3 is 1. The molecule has 1 amide bonds. The monoisotopic (exact) mass is 390 g/mol. The molecule has 1 aliphatic rings. The molecular formula is C23H22N2O2S. The Labute approximate surface area is 169 Å². The zero-order valence-corrected chi connectivity index (χ0v) is 16.5. The third-order valence-electron chi connectivity index (χ3n) is 4.69. The largest absolute Gasteiger partial charge is 0.383 e. The number of amides is 1. The Hall–Kier alpha value is -2.76. The average molecular weight is 391 g/mol. The molecule has 5 heteroatoms. The molecule has 0 saturated heterocycles. The first kappa shape index (κ1) is 18.6. The minimum Gasteiger partial charge on any atom is -0.383 e. The molecule has 3 aromatic carbocycles. The SMILES string of the molecule is COCCN1C(=O)c2ccccc2Sc2cc(NCc3ccccc3)ccc21. The molecule has 0 saturated carbocycles. The van der Waals surface area contributed by atoms with Crippen LogP contribution in [0.25, 0.3) is 0 Å². The molecule has 1 aliphatic heterocycles. The number of hydrogen-bond acceptors (Lipinski definition) is 4. The number of ether oxygens (including phenoxy) is 1. The second kappa shape index (κ2) is 8.50. The number of nitrogens with one attached hydrogen (secondary N) is 1. The smallest absolute Gasteiger partial charge is 0.259 e. The van der Waals surface area contributed by atoms with E-state index in [1.807, 2.05) is 59.5 Å². The Morgan fingerprint density at radius 3 is 2.57 bits per heavy atom. The highest BCUT2D eigenvalue weighted by molar-refractivity contribution is 7.99. The Kier molecular flexibility index (Phi) is 5.65. The van der Waals surface area contributed by atoms with E-state index in [1.54, 1.807) is 18.9 Å². The van der Waals surface area contributed by atoms with Crippen LogP contribution in [0.5, 0.6) is 0 Å². The standard InChI is InChI=1S/C23H22N2O2S/c1-27-14-13-25-20-12-11-18(24-16-17-7-3-2-4-8-17)15-22(20)28-21-10-6-5-9-19(21)23(25)26/h2-12,15,24H,13-14,16H2,1H3. The quantitative estimate of drug-likeness (QED) is 0.639. The lowest BCUT2D eigenvalue weighted by Crippen LogP contribution is -2.33. The van der Waals surface area contributed by atoms with E-state index in [9.17, 15) is 4.79 Å². The van der Waals surface area contributed by atoms with Gasteiger partial charge >= 0.3 is 0 Å². The first-order valence-electron chi connectivity index (χ1n) is 9.26. The molecule has 0 bridgehead atoms. The summed E-state index contributed by atoms with van der Waals surface area (Å²) in [6.45, 7) is 1.77. The summed E-state index contributed by atoms with van der Waals surface area (Å²) in [5, 5.41) is 3.48. The molecule has 0 atom stereocenters. The Morgan fingerprint density at radius 2 is 1.75 bits per heavy atom. The molecule has 0 aliphatic carbocycles. The molecule has 4 rings (SSSR count). The van der Waals surface area contributed by atoms with Gasteiger partial charge in [0.25, 0.3) is 5.91 Å². The fourth-order valence-corrected chi connectivity index (χ4v) is 4.36. The van der Waals surface area contributed by atoms with Gasteiger partial charge < -0.3 is 15.0 Å². The highest BCUT2D eigenvalue weighted by atomic mass is 32.2. The first-order valence-corrected chi connectivity index (χ1v) is 10.1. The summed E-state index contributed by atoms with van der Waals surface area (Å²) in [6, 6.07) is 24.3. The summed E-state index contributed by atoms with van der Waals surface area (Å²) in [6.07, 6.45) is 0. The lowest BCUT2D eigenvalue weighted by Gasteiger charge is -2.23. The number of benzene rings is 3. The topological polar surface area (TPSA) is 41.6 Å². The van der Waals surface area contributed by atoms with E-state index < -0.39 is 0 Å². The highest BCUT2D eigenvalue weighted by Crippen LogP contribution is 2.42. The van der Waals surface area contributed by atoms with E-state index in [1.165, 1.54) is 5.56 Å². The molecule has 3 aromatic rings. The predicted octanol–water partition coefficient (Wildman–Crippen LogP) is 5.06. The number of carbonyl (C=O) groups excluding carboxylic acids is 1. The molecular weight excluding hydrogens is 368 g/mol. The fraction of sp³-hybridized carbons (Fsp3) is 0.174. The van der Waals surface area contributed by atoms with E-state index in [0.29, 0.717) is 13.2 Å². The molecule has 1 N–H and O–H groups in total. The number of fused-ring (bicyclic) bond motifs is 2. The zero-order chi connectivity index (χ0) is 19.3. The van der Waals surface area contributed by atoms with Crippen molar-refractivity contribution >= 4 is 29.0 Å². The summed E-state index contributed by atoms with van der Waals surface area (Å²) in [4.78, 5) is 17.0. The average Bonchev–Trinajstić information content (AvgIpc) is 2.85. The van der Waals surface area contributed by atoms with Gasteiger partial charge in [0.05, 0.1) is 17.9 Å². The third-order valence-corrected chi connectivity index (χ3v) is 5.81. The van der Waals surface area contributed by atoms with Crippen LogP contribution in [-0.4, -0.2) is 26.2 Å². The van der Waals surface area contributed by atoms with Crippen LogP contribution in [0.2, 0.25) is 0 Å². The van der Waals surface area contributed by atoms with Gasteiger partial charge in [-0.3, -0.25) is 4.79 Å². The second-order valence-corrected chi connectivity index (χ2v) is 7.65. The van der Waals surface area contributed by atoms with Crippen LogP contribution < -0.4 is 10.2 Å². The molecule has 1 heterocycles. The maximum atomic E-state index is 13.1. The molecule has 0 aromatic heterocycles. The number of hydrogen-bond donors (Lipinski definition) is 1. The second-order valence-electron chi connectivity index (χ2n) is 6.57. The normalized spacial score (nSPS) is 12.9. The fourth-order valence-electron chi connectivity index (χ4n) is 3.24. The van der Waals surface area contributed by atoms with Gasteiger partial charge in [-0.1, -0.05) is 54.2 Å². The van der Waals surface area contributed by atoms with E-state index in [-0.39, 0.29) is 5.91 Å². The van der Waals surface area contributed by atoms with E-state index in [2.05, 4.69) is 23.5 Å². The van der Waals surface area contributed by atoms with Crippen molar-refractivity contribution in [2.75, 3.05) is 30.5 Å². The summed E-state index contributed by atoms with van der Waals surface area (Å²) in [5.74, 6) is 0.0175. The van der Waals surface area contributed by atoms with Gasteiger partial charge in [0.15, 0.2) is 0 Å². The van der Waals surface area contributed by atoms with Crippen LogP contribution >= 0.6 is 11.8 Å². The number of carbonyl (C=O) groups is 1. The number of anilines is 2. The minimum atomic E-state index is 0.0175. The lowest BCUT2D eigenvalue weighted by atomic mass is 10.1. The van der Waals surface area contributed by atoms with Crippen molar-refractivity contribution in [3.63, 3.8) is 0 Å². The van der Waals surface area contributed by atoms with Gasteiger partial charge in [0, 0.05) is 35.7 Å². The maximum absolute atomic E-state index is 13.1. The molecule has 28 heavy (non-hydrogen) atoms. The van der Waals surface area contributed by atoms with E-state index in [4.69, 9.17) is 4.74 Å². The van der Waals surface area contributed by atoms with Crippen molar-refractivity contribution in [2.24, 2.45) is 0 Å². The van der Waals surface area contributed by atoms with Gasteiger partial charge in [-0.15, -0.1) is 0 Å². The van der Waals surface area contributed by atoms with Crippen molar-refractivity contribution in [2.45, 2.75) is 16.3 Å². The Balaban J connectivity index is 1.66. The molecule has 0 spiro atoms. The van der Waals surface area contributed by atoms with Crippen LogP contribution in [0.15, 0.2) is 82.6 Å². The lowest BCUT2D eigenvalue weighted by molar-refractivity contribution is 0.0973. The van der Waals surface area contributed by atoms with Crippen LogP contribution in [0.4, 0.5) is 11.4 Å². The molecule has 0 radical (unpaired) electrons. The minimum absolute atomic E-state index is 0.0175. The van der Waals surface area contributed by atoms with Gasteiger partial charge in [0.2, 0.25) is 0 Å². The van der Waals surface area contributed by atoms with Gasteiger partial charge in [0.1, 0.15) is 0 Å². The van der Waals surface area contributed by atoms with Crippen LogP contribution in [-0.2, 0) is 11.3 Å². The summed E-state index contributed by atoms with van der Waals surface area (Å²) < 4.78 is 5.23. The molecule has 4 nitrogen and oxygen atoms in total. The van der Waals surface area contributed by atoms with Crippen molar-refractivity contribution in [3.8, 4) is 0 Å². The molecule has 0 unspecified atom stereocenters. The third kappa shape index (κ3) is 3.91. The summed E-state index contributed by atoms with van der Waals surface area (Å²) in [5.41, 5.74) is 3.92. The molecule has 0 fully saturated rings. The Morgan fingerprint density at radius 1 is 0.964 bits per heavy atom. The van der Waals surface area contributed by atoms with E-state index in [0.717, 1.165) is 33.3 Å². The number of rotatable bonds is 6. The van der Waals surface area contributed by atoms with Crippen molar-refractivity contribution < 1.29 is 9.53 Å². The molecule has 142 valence electrons.